The molecule has 1 aromatic carbocycles. The Morgan fingerprint density at radius 3 is 2.42 bits per heavy atom. The van der Waals surface area contributed by atoms with Crippen LogP contribution in [0.3, 0.4) is 0 Å². The minimum absolute atomic E-state index is 0.126. The molecule has 0 amide bonds. The Kier molecular flexibility index (Phi) is 8.45. The molecule has 2 N–H and O–H groups in total. The second-order valence-corrected chi connectivity index (χ2v) is 10.5. The molecule has 0 saturated carbocycles. The fraction of sp³-hybridized carbons (Fsp3) is 0.345. The Labute approximate surface area is 225 Å². The minimum atomic E-state index is -1.05. The lowest BCUT2D eigenvalue weighted by Gasteiger charge is -2.23. The number of halogens is 1. The van der Waals surface area contributed by atoms with E-state index < -0.39 is 5.97 Å². The van der Waals surface area contributed by atoms with Crippen molar-refractivity contribution in [3.63, 3.8) is 0 Å². The summed E-state index contributed by atoms with van der Waals surface area (Å²) >= 11 is 1.08. The number of hydrogen-bond donors (Lipinski definition) is 2. The van der Waals surface area contributed by atoms with E-state index in [1.165, 1.54) is 50.9 Å². The number of aromatic nitrogens is 1. The average molecular weight is 535 g/mol. The lowest BCUT2D eigenvalue weighted by atomic mass is 10.0. The van der Waals surface area contributed by atoms with Crippen LogP contribution in [0.5, 0.6) is 0 Å². The van der Waals surface area contributed by atoms with Gasteiger partial charge in [-0.15, -0.1) is 11.3 Å². The summed E-state index contributed by atoms with van der Waals surface area (Å²) in [5.41, 5.74) is 2.43. The molecule has 5 heterocycles. The monoisotopic (exact) mass is 534 g/mol. The van der Waals surface area contributed by atoms with Gasteiger partial charge in [0.25, 0.3) is 0 Å². The van der Waals surface area contributed by atoms with Crippen molar-refractivity contribution in [3.8, 4) is 22.6 Å². The van der Waals surface area contributed by atoms with E-state index in [0.717, 1.165) is 48.4 Å². The summed E-state index contributed by atoms with van der Waals surface area (Å²) in [6.45, 7) is 4.30. The summed E-state index contributed by atoms with van der Waals surface area (Å²) in [5.74, 6) is -0.826. The number of furan rings is 1. The van der Waals surface area contributed by atoms with Crippen molar-refractivity contribution in [3.05, 3.63) is 59.4 Å². The van der Waals surface area contributed by atoms with Gasteiger partial charge in [-0.05, 0) is 86.7 Å². The normalized spacial score (nSPS) is 16.0. The van der Waals surface area contributed by atoms with Gasteiger partial charge in [0.1, 0.15) is 26.9 Å². The zero-order chi connectivity index (χ0) is 26.3. The van der Waals surface area contributed by atoms with Crippen molar-refractivity contribution in [1.82, 2.24) is 15.2 Å². The number of carbonyl (C=O) groups is 1. The molecule has 0 aliphatic carbocycles. The van der Waals surface area contributed by atoms with Gasteiger partial charge in [0.2, 0.25) is 0 Å². The first-order valence-corrected chi connectivity index (χ1v) is 13.9. The van der Waals surface area contributed by atoms with Crippen molar-refractivity contribution >= 4 is 39.5 Å². The summed E-state index contributed by atoms with van der Waals surface area (Å²) in [6.07, 6.45) is 10.9. The molecular weight excluding hydrogens is 503 g/mol. The number of piperidine rings is 2. The molecule has 3 aromatic heterocycles. The predicted molar refractivity (Wildman–Crippen MR) is 150 cm³/mol. The van der Waals surface area contributed by atoms with Gasteiger partial charge in [-0.3, -0.25) is 0 Å². The molecule has 9 heteroatoms. The summed E-state index contributed by atoms with van der Waals surface area (Å²) in [7, 11) is 0. The Morgan fingerprint density at radius 2 is 1.82 bits per heavy atom. The van der Waals surface area contributed by atoms with Crippen LogP contribution in [0.2, 0.25) is 0 Å². The number of thiophene rings is 1. The number of carboxylic acids is 1. The highest BCUT2D eigenvalue weighted by molar-refractivity contribution is 7.21. The lowest BCUT2D eigenvalue weighted by molar-refractivity contribution is 0.0703. The zero-order valence-corrected chi connectivity index (χ0v) is 22.0. The molecule has 2 saturated heterocycles. The maximum Gasteiger partial charge on any atom is 0.348 e. The summed E-state index contributed by atoms with van der Waals surface area (Å²) in [4.78, 5) is 24.2. The first-order valence-electron chi connectivity index (χ1n) is 13.1. The fourth-order valence-electron chi connectivity index (χ4n) is 4.73. The fourth-order valence-corrected chi connectivity index (χ4v) is 5.72. The maximum atomic E-state index is 13.6. The Hall–Kier alpha value is -3.56. The van der Waals surface area contributed by atoms with Crippen molar-refractivity contribution in [2.24, 2.45) is 4.99 Å². The molecule has 6 rings (SSSR count). The van der Waals surface area contributed by atoms with Crippen molar-refractivity contribution < 1.29 is 18.7 Å². The van der Waals surface area contributed by atoms with E-state index in [1.54, 1.807) is 36.9 Å². The molecule has 38 heavy (non-hydrogen) atoms. The number of nitrogens with one attached hydrogen (secondary N) is 1. The number of likely N-dealkylation sites (tertiary alicyclic amines) is 1. The third-order valence-corrected chi connectivity index (χ3v) is 7.77. The number of hydrogen-bond acceptors (Lipinski definition) is 6. The van der Waals surface area contributed by atoms with E-state index in [1.807, 2.05) is 6.07 Å². The predicted octanol–water partition coefficient (Wildman–Crippen LogP) is 6.97. The molecule has 2 fully saturated rings. The number of pyridine rings is 1. The van der Waals surface area contributed by atoms with Crippen LogP contribution in [-0.4, -0.2) is 53.5 Å². The highest BCUT2D eigenvalue weighted by Gasteiger charge is 2.23. The molecule has 7 nitrogen and oxygen atoms in total. The van der Waals surface area contributed by atoms with Crippen molar-refractivity contribution in [2.45, 2.75) is 38.5 Å². The topological polar surface area (TPSA) is 91.0 Å². The van der Waals surface area contributed by atoms with E-state index in [4.69, 9.17) is 4.42 Å². The molecule has 0 spiro atoms. The second kappa shape index (κ2) is 12.3. The number of carboxylic acid groups (broad SMARTS) is 1. The smallest absolute Gasteiger partial charge is 0.348 e. The Morgan fingerprint density at radius 1 is 1.08 bits per heavy atom. The van der Waals surface area contributed by atoms with Gasteiger partial charge in [-0.2, -0.15) is 0 Å². The van der Waals surface area contributed by atoms with Gasteiger partial charge < -0.3 is 19.7 Å². The molecule has 0 atom stereocenters. The summed E-state index contributed by atoms with van der Waals surface area (Å²) < 4.78 is 19.1. The van der Waals surface area contributed by atoms with E-state index in [9.17, 15) is 14.3 Å². The minimum Gasteiger partial charge on any atom is -0.477 e. The highest BCUT2D eigenvalue weighted by atomic mass is 32.1. The first-order chi connectivity index (χ1) is 18.6. The van der Waals surface area contributed by atoms with Crippen LogP contribution in [0, 0.1) is 5.82 Å². The van der Waals surface area contributed by atoms with Crippen LogP contribution in [0.1, 0.15) is 48.2 Å². The van der Waals surface area contributed by atoms with Crippen LogP contribution in [-0.2, 0) is 0 Å². The standard InChI is InChI=1S/C24H20FN3O3S.C5H11N/c25-16-8-6-15(7-9-16)17-13-18(19-5-4-12-31-19)27-23-20(17)21(22(32-23)24(29)30)26-14-28-10-2-1-3-11-28;1-2-4-6-5-3-1/h4-9,12-14H,1-3,10-11H2,(H,29,30);6H,1-5H2. The SMILES string of the molecule is C1CCNCC1.O=C(O)c1sc2nc(-c3ccco3)cc(-c3ccc(F)cc3)c2c1N=CN1CCCCC1. The molecule has 4 aromatic rings. The molecule has 0 bridgehead atoms. The van der Waals surface area contributed by atoms with Crippen LogP contribution >= 0.6 is 11.3 Å². The molecule has 2 aliphatic rings. The average Bonchev–Trinajstić information content (AvgIpc) is 3.62. The number of aliphatic imine (C=N–C) groups is 1. The molecule has 198 valence electrons. The van der Waals surface area contributed by atoms with Crippen molar-refractivity contribution in [2.75, 3.05) is 26.2 Å². The number of fused-ring (bicyclic) bond motifs is 1. The van der Waals surface area contributed by atoms with Gasteiger partial charge in [-0.25, -0.2) is 19.2 Å². The highest BCUT2D eigenvalue weighted by Crippen LogP contribution is 2.44. The maximum absolute atomic E-state index is 13.6. The van der Waals surface area contributed by atoms with Gasteiger partial charge in [0, 0.05) is 18.5 Å². The first kappa shape index (κ1) is 26.1. The van der Waals surface area contributed by atoms with Crippen molar-refractivity contribution in [1.29, 1.82) is 0 Å². The second-order valence-electron chi connectivity index (χ2n) is 9.46. The molecule has 0 unspecified atom stereocenters. The quantitative estimate of drug-likeness (QED) is 0.212. The van der Waals surface area contributed by atoms with Gasteiger partial charge in [0.15, 0.2) is 5.76 Å². The molecule has 0 radical (unpaired) electrons. The van der Waals surface area contributed by atoms with Crippen LogP contribution in [0.15, 0.2) is 58.1 Å². The Balaban J connectivity index is 0.000000433. The third-order valence-electron chi connectivity index (χ3n) is 6.71. The molecule has 2 aliphatic heterocycles. The third kappa shape index (κ3) is 6.11. The van der Waals surface area contributed by atoms with E-state index in [0.29, 0.717) is 27.4 Å². The van der Waals surface area contributed by atoms with Gasteiger partial charge in [0.05, 0.1) is 12.6 Å². The van der Waals surface area contributed by atoms with Crippen LogP contribution in [0.25, 0.3) is 32.8 Å². The summed E-state index contributed by atoms with van der Waals surface area (Å²) in [5, 5.41) is 13.8. The number of aromatic carboxylic acids is 1. The van der Waals surface area contributed by atoms with Gasteiger partial charge >= 0.3 is 5.97 Å². The Bertz CT molecular complexity index is 1380. The van der Waals surface area contributed by atoms with E-state index >= 15 is 0 Å². The number of rotatable bonds is 5. The largest absolute Gasteiger partial charge is 0.477 e. The van der Waals surface area contributed by atoms with Crippen LogP contribution < -0.4 is 5.32 Å². The zero-order valence-electron chi connectivity index (χ0n) is 21.2. The summed E-state index contributed by atoms with van der Waals surface area (Å²) in [6, 6.07) is 11.5. The lowest BCUT2D eigenvalue weighted by Crippen LogP contribution is -2.28. The van der Waals surface area contributed by atoms with Crippen LogP contribution in [0.4, 0.5) is 10.1 Å². The number of nitrogens with zero attached hydrogens (tertiary/aromatic N) is 3. The van der Waals surface area contributed by atoms with E-state index in [-0.39, 0.29) is 10.7 Å². The number of benzene rings is 1. The van der Waals surface area contributed by atoms with E-state index in [2.05, 4.69) is 20.2 Å². The molecular formula is C29H31FN4O3S. The van der Waals surface area contributed by atoms with Gasteiger partial charge in [-0.1, -0.05) is 18.6 Å².